The standard InChI is InChI=1S/C35H58O11S/c1-18(36)31(4)13-14-33(6)27(31)20(38)16-35(8)28(33)19(37)15-23-32(5)11-10-24(30(2,3)22(32)9-12-34(23,35)7)45-29-25(40)26(21(39)17-44-29)46-47(41,42)43/h19-29,37-40H,9-17H2,1-8H3,(H,41,42,43)/t19-,20+,21+,22+,23-,24+,25+,26-,27+,28-,29+,31+,32+,33+,34-,35-/m1/s1. The molecule has 1 heterocycles. The van der Waals surface area contributed by atoms with Gasteiger partial charge in [-0.05, 0) is 103 Å². The first-order valence-corrected chi connectivity index (χ1v) is 19.0. The summed E-state index contributed by atoms with van der Waals surface area (Å²) in [5.41, 5.74) is -1.99. The molecule has 0 aromatic heterocycles. The molecule has 0 radical (unpaired) electrons. The molecule has 47 heavy (non-hydrogen) atoms. The third-order valence-corrected chi connectivity index (χ3v) is 16.4. The zero-order valence-corrected chi connectivity index (χ0v) is 30.1. The third kappa shape index (κ3) is 5.00. The number of fused-ring (bicyclic) bond motifs is 7. The van der Waals surface area contributed by atoms with Crippen molar-refractivity contribution in [2.45, 2.75) is 150 Å². The van der Waals surface area contributed by atoms with Crippen LogP contribution in [0, 0.1) is 56.2 Å². The minimum Gasteiger partial charge on any atom is -0.393 e. The van der Waals surface area contributed by atoms with Gasteiger partial charge in [-0.25, -0.2) is 4.18 Å². The summed E-state index contributed by atoms with van der Waals surface area (Å²) in [5.74, 6) is 0.287. The van der Waals surface area contributed by atoms with Crippen molar-refractivity contribution in [2.24, 2.45) is 56.2 Å². The van der Waals surface area contributed by atoms with Crippen LogP contribution < -0.4 is 0 Å². The van der Waals surface area contributed by atoms with E-state index >= 15 is 0 Å². The molecule has 0 spiro atoms. The van der Waals surface area contributed by atoms with E-state index in [1.54, 1.807) is 6.92 Å². The second-order valence-electron chi connectivity index (χ2n) is 18.2. The first-order valence-electron chi connectivity index (χ1n) is 17.6. The summed E-state index contributed by atoms with van der Waals surface area (Å²) in [6.07, 6.45) is -1.48. The molecule has 12 heteroatoms. The average Bonchev–Trinajstić information content (AvgIpc) is 3.22. The number of rotatable bonds is 5. The fourth-order valence-electron chi connectivity index (χ4n) is 13.7. The number of hydrogen-bond donors (Lipinski definition) is 5. The van der Waals surface area contributed by atoms with Gasteiger partial charge < -0.3 is 29.9 Å². The number of aliphatic hydroxyl groups excluding tert-OH is 4. The number of hydrogen-bond acceptors (Lipinski definition) is 10. The fraction of sp³-hybridized carbons (Fsp3) is 0.971. The van der Waals surface area contributed by atoms with Crippen molar-refractivity contribution in [1.29, 1.82) is 0 Å². The predicted molar refractivity (Wildman–Crippen MR) is 171 cm³/mol. The second-order valence-corrected chi connectivity index (χ2v) is 19.3. The highest BCUT2D eigenvalue weighted by atomic mass is 32.3. The van der Waals surface area contributed by atoms with Crippen molar-refractivity contribution >= 4 is 16.2 Å². The van der Waals surface area contributed by atoms with E-state index in [0.717, 1.165) is 32.1 Å². The third-order valence-electron chi connectivity index (χ3n) is 15.9. The Labute approximate surface area is 280 Å². The highest BCUT2D eigenvalue weighted by Gasteiger charge is 2.75. The Morgan fingerprint density at radius 1 is 0.787 bits per heavy atom. The van der Waals surface area contributed by atoms with Crippen LogP contribution in [0.4, 0.5) is 0 Å². The van der Waals surface area contributed by atoms with Gasteiger partial charge in [0.05, 0.1) is 24.9 Å². The van der Waals surface area contributed by atoms with Crippen molar-refractivity contribution in [3.05, 3.63) is 0 Å². The summed E-state index contributed by atoms with van der Waals surface area (Å²) in [4.78, 5) is 13.0. The van der Waals surface area contributed by atoms with Crippen LogP contribution in [0.2, 0.25) is 0 Å². The lowest BCUT2D eigenvalue weighted by atomic mass is 9.31. The Morgan fingerprint density at radius 3 is 2.06 bits per heavy atom. The number of ether oxygens (including phenoxy) is 2. The Kier molecular flexibility index (Phi) is 8.56. The van der Waals surface area contributed by atoms with Gasteiger partial charge in [0.1, 0.15) is 24.1 Å². The van der Waals surface area contributed by atoms with E-state index in [-0.39, 0.29) is 63.8 Å². The lowest BCUT2D eigenvalue weighted by Gasteiger charge is -2.74. The summed E-state index contributed by atoms with van der Waals surface area (Å²) in [5, 5.41) is 45.3. The second kappa shape index (κ2) is 11.1. The van der Waals surface area contributed by atoms with Crippen molar-refractivity contribution in [3.63, 3.8) is 0 Å². The molecule has 1 aliphatic heterocycles. The predicted octanol–water partition coefficient (Wildman–Crippen LogP) is 3.66. The monoisotopic (exact) mass is 686 g/mol. The summed E-state index contributed by atoms with van der Waals surface area (Å²) in [6.45, 7) is 17.0. The summed E-state index contributed by atoms with van der Waals surface area (Å²) in [7, 11) is -4.93. The van der Waals surface area contributed by atoms with Crippen molar-refractivity contribution < 1.29 is 51.8 Å². The number of carbonyl (C=O) groups is 1. The molecule has 6 rings (SSSR count). The lowest BCUT2D eigenvalue weighted by Crippen LogP contribution is -2.72. The maximum Gasteiger partial charge on any atom is 0.397 e. The molecule has 6 aliphatic rings. The maximum atomic E-state index is 13.0. The highest BCUT2D eigenvalue weighted by molar-refractivity contribution is 7.80. The molecule has 270 valence electrons. The number of aliphatic hydroxyl groups is 4. The Hall–Kier alpha value is -0.700. The molecule has 16 atom stereocenters. The van der Waals surface area contributed by atoms with Gasteiger partial charge in [-0.1, -0.05) is 48.5 Å². The van der Waals surface area contributed by atoms with Gasteiger partial charge >= 0.3 is 10.4 Å². The van der Waals surface area contributed by atoms with Gasteiger partial charge in [-0.15, -0.1) is 0 Å². The summed E-state index contributed by atoms with van der Waals surface area (Å²) in [6, 6.07) is 0. The van der Waals surface area contributed by atoms with E-state index in [1.165, 1.54) is 0 Å². The normalized spacial score (nSPS) is 55.7. The molecule has 6 fully saturated rings. The van der Waals surface area contributed by atoms with Crippen LogP contribution in [0.3, 0.4) is 0 Å². The molecule has 1 saturated heterocycles. The van der Waals surface area contributed by atoms with Crippen LogP contribution in [0.25, 0.3) is 0 Å². The van der Waals surface area contributed by atoms with E-state index in [2.05, 4.69) is 45.7 Å². The van der Waals surface area contributed by atoms with Crippen molar-refractivity contribution in [3.8, 4) is 0 Å². The zero-order chi connectivity index (χ0) is 34.9. The summed E-state index contributed by atoms with van der Waals surface area (Å²) >= 11 is 0. The number of carbonyl (C=O) groups excluding carboxylic acids is 1. The average molecular weight is 687 g/mol. The van der Waals surface area contributed by atoms with Crippen LogP contribution in [0.1, 0.15) is 107 Å². The molecular weight excluding hydrogens is 628 g/mol. The van der Waals surface area contributed by atoms with Crippen LogP contribution >= 0.6 is 0 Å². The van der Waals surface area contributed by atoms with Gasteiger partial charge in [0, 0.05) is 11.3 Å². The number of Topliss-reactive ketones (excluding diaryl/α,β-unsaturated/α-hetero) is 1. The molecule has 0 amide bonds. The molecule has 5 N–H and O–H groups in total. The van der Waals surface area contributed by atoms with Gasteiger partial charge in [-0.3, -0.25) is 9.35 Å². The minimum absolute atomic E-state index is 0.0307. The zero-order valence-electron chi connectivity index (χ0n) is 29.3. The van der Waals surface area contributed by atoms with E-state index in [1.807, 2.05) is 6.92 Å². The molecule has 0 aromatic carbocycles. The topological polar surface area (TPSA) is 180 Å². The maximum absolute atomic E-state index is 13.0. The van der Waals surface area contributed by atoms with Crippen LogP contribution in [-0.4, -0.2) is 88.7 Å². The van der Waals surface area contributed by atoms with Crippen molar-refractivity contribution in [2.75, 3.05) is 6.61 Å². The van der Waals surface area contributed by atoms with Gasteiger partial charge in [0.25, 0.3) is 0 Å². The Bertz CT molecular complexity index is 1370. The summed E-state index contributed by atoms with van der Waals surface area (Å²) < 4.78 is 48.6. The largest absolute Gasteiger partial charge is 0.397 e. The molecule has 0 bridgehead atoms. The highest BCUT2D eigenvalue weighted by Crippen LogP contribution is 2.78. The van der Waals surface area contributed by atoms with Crippen LogP contribution in [0.5, 0.6) is 0 Å². The van der Waals surface area contributed by atoms with Crippen LogP contribution in [0.15, 0.2) is 0 Å². The SMILES string of the molecule is CC(=O)[C@]1(C)CC[C@@]2(C)[C@H]1[C@@H](O)C[C@]1(C)[C@@H]2[C@H](O)C[C@@H]2[C@@]3(C)CC[C@H](O[C@@H]4OC[C@H](O)[C@@H](OS(=O)(=O)O)[C@@H]4O)C(C)(C)[C@@H]3CC[C@]21C. The fourth-order valence-corrected chi connectivity index (χ4v) is 14.2. The van der Waals surface area contributed by atoms with Gasteiger partial charge in [0.15, 0.2) is 6.29 Å². The molecule has 0 aromatic rings. The molecular formula is C35H58O11S. The van der Waals surface area contributed by atoms with Crippen LogP contribution in [-0.2, 0) is 28.9 Å². The van der Waals surface area contributed by atoms with E-state index in [0.29, 0.717) is 19.3 Å². The van der Waals surface area contributed by atoms with E-state index in [9.17, 15) is 38.2 Å². The molecule has 11 nitrogen and oxygen atoms in total. The Balaban J connectivity index is 1.27. The molecule has 5 aliphatic carbocycles. The van der Waals surface area contributed by atoms with E-state index in [4.69, 9.17) is 9.47 Å². The first kappa shape index (κ1) is 36.1. The minimum atomic E-state index is -4.93. The number of ketones is 1. The smallest absolute Gasteiger partial charge is 0.393 e. The van der Waals surface area contributed by atoms with Gasteiger partial charge in [0.2, 0.25) is 0 Å². The molecule has 5 saturated carbocycles. The quantitative estimate of drug-likeness (QED) is 0.210. The van der Waals surface area contributed by atoms with Gasteiger partial charge in [-0.2, -0.15) is 8.42 Å². The lowest BCUT2D eigenvalue weighted by molar-refractivity contribution is -0.317. The molecule has 0 unspecified atom stereocenters. The first-order chi connectivity index (χ1) is 21.5. The van der Waals surface area contributed by atoms with Crippen molar-refractivity contribution in [1.82, 2.24) is 0 Å². The Morgan fingerprint density at radius 2 is 1.45 bits per heavy atom. The van der Waals surface area contributed by atoms with E-state index < -0.39 is 58.0 Å².